The van der Waals surface area contributed by atoms with Gasteiger partial charge in [0, 0.05) is 58.0 Å². The number of ether oxygens (including phenoxy) is 2. The number of fused-ring (bicyclic) bond motifs is 1. The lowest BCUT2D eigenvalue weighted by Gasteiger charge is -2.30. The SMILES string of the molecule is O=C1CN(Cc2cccc3nccnc23)CC(OCc2ccccn2)CN1CC1CCOCC1. The van der Waals surface area contributed by atoms with Crippen molar-refractivity contribution in [2.45, 2.75) is 32.1 Å². The first-order valence-corrected chi connectivity index (χ1v) is 12.0. The van der Waals surface area contributed by atoms with Crippen LogP contribution in [0.5, 0.6) is 0 Å². The molecule has 2 saturated heterocycles. The molecule has 0 bridgehead atoms. The van der Waals surface area contributed by atoms with Gasteiger partial charge in [-0.25, -0.2) is 0 Å². The van der Waals surface area contributed by atoms with E-state index in [-0.39, 0.29) is 12.0 Å². The molecule has 0 N–H and O–H groups in total. The van der Waals surface area contributed by atoms with Gasteiger partial charge in [0.15, 0.2) is 0 Å². The van der Waals surface area contributed by atoms with Crippen molar-refractivity contribution in [3.8, 4) is 0 Å². The second kappa shape index (κ2) is 11.0. The molecule has 1 unspecified atom stereocenters. The fraction of sp³-hybridized carbons (Fsp3) is 0.462. The third-order valence-electron chi connectivity index (χ3n) is 6.59. The van der Waals surface area contributed by atoms with Gasteiger partial charge in [0.1, 0.15) is 0 Å². The lowest BCUT2D eigenvalue weighted by atomic mass is 9.99. The number of aromatic nitrogens is 3. The minimum absolute atomic E-state index is 0.102. The van der Waals surface area contributed by atoms with Crippen LogP contribution in [0.25, 0.3) is 11.0 Å². The van der Waals surface area contributed by atoms with E-state index in [9.17, 15) is 4.79 Å². The molecule has 1 amide bonds. The van der Waals surface area contributed by atoms with Crippen molar-refractivity contribution < 1.29 is 14.3 Å². The molecule has 2 aromatic heterocycles. The van der Waals surface area contributed by atoms with E-state index < -0.39 is 0 Å². The van der Waals surface area contributed by atoms with Crippen molar-refractivity contribution in [1.29, 1.82) is 0 Å². The summed E-state index contributed by atoms with van der Waals surface area (Å²) in [6, 6.07) is 11.9. The van der Waals surface area contributed by atoms with Gasteiger partial charge in [-0.05, 0) is 42.5 Å². The quantitative estimate of drug-likeness (QED) is 0.535. The summed E-state index contributed by atoms with van der Waals surface area (Å²) in [6.07, 6.45) is 7.10. The van der Waals surface area contributed by atoms with Crippen LogP contribution in [0.4, 0.5) is 0 Å². The molecular weight excluding hydrogens is 430 g/mol. The molecular formula is C26H31N5O3. The highest BCUT2D eigenvalue weighted by Gasteiger charge is 2.30. The second-order valence-corrected chi connectivity index (χ2v) is 9.12. The Morgan fingerprint density at radius 3 is 2.71 bits per heavy atom. The third-order valence-corrected chi connectivity index (χ3v) is 6.59. The molecule has 1 aromatic carbocycles. The van der Waals surface area contributed by atoms with Crippen molar-refractivity contribution in [1.82, 2.24) is 24.8 Å². The first kappa shape index (κ1) is 22.8. The predicted molar refractivity (Wildman–Crippen MR) is 128 cm³/mol. The van der Waals surface area contributed by atoms with Crippen LogP contribution in [0.1, 0.15) is 24.1 Å². The van der Waals surface area contributed by atoms with Gasteiger partial charge in [-0.3, -0.25) is 24.6 Å². The Labute approximate surface area is 199 Å². The van der Waals surface area contributed by atoms with Crippen molar-refractivity contribution in [3.05, 3.63) is 66.2 Å². The molecule has 0 saturated carbocycles. The van der Waals surface area contributed by atoms with E-state index in [1.54, 1.807) is 18.6 Å². The average molecular weight is 462 g/mol. The number of para-hydroxylation sites is 1. The summed E-state index contributed by atoms with van der Waals surface area (Å²) >= 11 is 0. The molecule has 1 atom stereocenters. The normalized spacial score (nSPS) is 20.5. The molecule has 8 nitrogen and oxygen atoms in total. The number of rotatable bonds is 7. The first-order valence-electron chi connectivity index (χ1n) is 12.0. The van der Waals surface area contributed by atoms with Crippen LogP contribution in [0.2, 0.25) is 0 Å². The van der Waals surface area contributed by atoms with Crippen LogP contribution in [0, 0.1) is 5.92 Å². The molecule has 34 heavy (non-hydrogen) atoms. The summed E-state index contributed by atoms with van der Waals surface area (Å²) in [4.78, 5) is 30.9. The summed E-state index contributed by atoms with van der Waals surface area (Å²) < 4.78 is 11.8. The maximum atomic E-state index is 13.3. The zero-order valence-electron chi connectivity index (χ0n) is 19.4. The van der Waals surface area contributed by atoms with Gasteiger partial charge in [0.05, 0.1) is 36.0 Å². The lowest BCUT2D eigenvalue weighted by Crippen LogP contribution is -2.42. The summed E-state index contributed by atoms with van der Waals surface area (Å²) in [7, 11) is 0. The number of pyridine rings is 1. The van der Waals surface area contributed by atoms with Crippen LogP contribution in [0.3, 0.4) is 0 Å². The van der Waals surface area contributed by atoms with Gasteiger partial charge >= 0.3 is 0 Å². The van der Waals surface area contributed by atoms with Gasteiger partial charge in [0.25, 0.3) is 0 Å². The highest BCUT2D eigenvalue weighted by Crippen LogP contribution is 2.21. The van der Waals surface area contributed by atoms with Gasteiger partial charge in [-0.2, -0.15) is 0 Å². The van der Waals surface area contributed by atoms with Crippen molar-refractivity contribution >= 4 is 16.9 Å². The van der Waals surface area contributed by atoms with Crippen molar-refractivity contribution in [3.63, 3.8) is 0 Å². The Morgan fingerprint density at radius 1 is 0.971 bits per heavy atom. The number of amides is 1. The molecule has 0 aliphatic carbocycles. The molecule has 2 aliphatic rings. The van der Waals surface area contributed by atoms with E-state index in [2.05, 4.69) is 25.9 Å². The maximum absolute atomic E-state index is 13.3. The maximum Gasteiger partial charge on any atom is 0.236 e. The zero-order valence-corrected chi connectivity index (χ0v) is 19.4. The number of nitrogens with zero attached hydrogens (tertiary/aromatic N) is 5. The molecule has 0 spiro atoms. The Bertz CT molecular complexity index is 1080. The van der Waals surface area contributed by atoms with Crippen molar-refractivity contribution in [2.24, 2.45) is 5.92 Å². The van der Waals surface area contributed by atoms with Crippen LogP contribution in [-0.2, 0) is 27.4 Å². The summed E-state index contributed by atoms with van der Waals surface area (Å²) in [6.45, 7) is 4.99. The van der Waals surface area contributed by atoms with Crippen molar-refractivity contribution in [2.75, 3.05) is 39.4 Å². The van der Waals surface area contributed by atoms with E-state index in [4.69, 9.17) is 9.47 Å². The molecule has 0 radical (unpaired) electrons. The Hall–Kier alpha value is -2.94. The molecule has 3 aromatic rings. The van der Waals surface area contributed by atoms with Gasteiger partial charge in [0.2, 0.25) is 5.91 Å². The van der Waals surface area contributed by atoms with Crippen LogP contribution < -0.4 is 0 Å². The van der Waals surface area contributed by atoms with Gasteiger partial charge < -0.3 is 14.4 Å². The molecule has 2 aliphatic heterocycles. The molecule has 4 heterocycles. The first-order chi connectivity index (χ1) is 16.7. The standard InChI is InChI=1S/C26H31N5O3/c32-25-18-30(15-21-4-3-6-24-26(21)29-11-10-28-24)16-23(34-19-22-5-1-2-9-27-22)17-31(25)14-20-7-12-33-13-8-20/h1-6,9-11,20,23H,7-8,12-19H2. The predicted octanol–water partition coefficient (Wildman–Crippen LogP) is 2.68. The molecule has 2 fully saturated rings. The Kier molecular flexibility index (Phi) is 7.38. The zero-order chi connectivity index (χ0) is 23.2. The lowest BCUT2D eigenvalue weighted by molar-refractivity contribution is -0.133. The van der Waals surface area contributed by atoms with E-state index in [0.717, 1.165) is 54.9 Å². The largest absolute Gasteiger partial charge is 0.381 e. The number of hydrogen-bond donors (Lipinski definition) is 0. The van der Waals surface area contributed by atoms with Crippen LogP contribution in [-0.4, -0.2) is 76.2 Å². The van der Waals surface area contributed by atoms with Crippen LogP contribution in [0.15, 0.2) is 55.0 Å². The Balaban J connectivity index is 1.33. The average Bonchev–Trinajstić information content (AvgIpc) is 3.02. The third kappa shape index (κ3) is 5.75. The van der Waals surface area contributed by atoms with E-state index in [1.165, 1.54) is 0 Å². The minimum Gasteiger partial charge on any atom is -0.381 e. The number of benzene rings is 1. The van der Waals surface area contributed by atoms with Gasteiger partial charge in [-0.1, -0.05) is 18.2 Å². The highest BCUT2D eigenvalue weighted by atomic mass is 16.5. The monoisotopic (exact) mass is 461 g/mol. The summed E-state index contributed by atoms with van der Waals surface area (Å²) in [5.41, 5.74) is 3.71. The summed E-state index contributed by atoms with van der Waals surface area (Å²) in [5.74, 6) is 0.635. The molecule has 5 rings (SSSR count). The molecule has 8 heteroatoms. The fourth-order valence-electron chi connectivity index (χ4n) is 4.80. The van der Waals surface area contributed by atoms with E-state index in [1.807, 2.05) is 35.2 Å². The number of carbonyl (C=O) groups is 1. The topological polar surface area (TPSA) is 80.7 Å². The Morgan fingerprint density at radius 2 is 1.85 bits per heavy atom. The second-order valence-electron chi connectivity index (χ2n) is 9.12. The summed E-state index contributed by atoms with van der Waals surface area (Å²) in [5, 5.41) is 0. The minimum atomic E-state index is -0.102. The molecule has 178 valence electrons. The van der Waals surface area contributed by atoms with Crippen LogP contribution >= 0.6 is 0 Å². The van der Waals surface area contributed by atoms with E-state index in [0.29, 0.717) is 38.7 Å². The van der Waals surface area contributed by atoms with E-state index >= 15 is 0 Å². The fourth-order valence-corrected chi connectivity index (χ4v) is 4.80. The highest BCUT2D eigenvalue weighted by molar-refractivity contribution is 5.79. The number of carbonyl (C=O) groups excluding carboxylic acids is 1. The smallest absolute Gasteiger partial charge is 0.236 e. The number of hydrogen-bond acceptors (Lipinski definition) is 7. The van der Waals surface area contributed by atoms with Gasteiger partial charge in [-0.15, -0.1) is 0 Å².